The Hall–Kier alpha value is -2.62. The molecule has 0 radical (unpaired) electrons. The Morgan fingerprint density at radius 1 is 1.31 bits per heavy atom. The van der Waals surface area contributed by atoms with Crippen molar-refractivity contribution in [2.75, 3.05) is 0 Å². The lowest BCUT2D eigenvalue weighted by Gasteiger charge is -2.09. The number of carbonyl (C=O) groups excluding carboxylic acids is 1. The number of tetrazole rings is 1. The van der Waals surface area contributed by atoms with E-state index in [-0.39, 0.29) is 24.6 Å². The van der Waals surface area contributed by atoms with Crippen molar-refractivity contribution in [1.29, 1.82) is 0 Å². The topological polar surface area (TPSA) is 116 Å². The Balaban J connectivity index is 1.36. The minimum atomic E-state index is -0.372. The molecule has 1 N–H and O–H groups in total. The molecule has 9 nitrogen and oxygen atoms in total. The first-order valence-electron chi connectivity index (χ1n) is 10.1. The van der Waals surface area contributed by atoms with Crippen molar-refractivity contribution in [3.63, 3.8) is 0 Å². The summed E-state index contributed by atoms with van der Waals surface area (Å²) in [6.07, 6.45) is 6.70. The fourth-order valence-electron chi connectivity index (χ4n) is 3.57. The molecule has 1 aliphatic rings. The number of nitrogens with one attached hydrogen (secondary N) is 1. The number of unbranched alkanes of at least 4 members (excludes halogenated alkanes) is 1. The molecule has 154 valence electrons. The number of aryl methyl sites for hydroxylation is 4. The number of esters is 1. The van der Waals surface area contributed by atoms with Crippen LogP contribution in [0.2, 0.25) is 0 Å². The first kappa shape index (κ1) is 19.7. The molecule has 0 atom stereocenters. The maximum absolute atomic E-state index is 12.6. The van der Waals surface area contributed by atoms with E-state index < -0.39 is 0 Å². The quantitative estimate of drug-likeness (QED) is 0.560. The van der Waals surface area contributed by atoms with Crippen molar-refractivity contribution in [3.05, 3.63) is 32.4 Å². The van der Waals surface area contributed by atoms with Crippen LogP contribution in [0.3, 0.4) is 0 Å². The fraction of sp³-hybridized carbons (Fsp3) is 0.579. The summed E-state index contributed by atoms with van der Waals surface area (Å²) in [7, 11) is 0. The van der Waals surface area contributed by atoms with Gasteiger partial charge in [0.15, 0.2) is 12.4 Å². The Bertz CT molecular complexity index is 1070. The number of thiophene rings is 1. The summed E-state index contributed by atoms with van der Waals surface area (Å²) in [5, 5.41) is 12.2. The van der Waals surface area contributed by atoms with Crippen LogP contribution >= 0.6 is 11.3 Å². The predicted octanol–water partition coefficient (Wildman–Crippen LogP) is 2.33. The molecule has 0 fully saturated rings. The van der Waals surface area contributed by atoms with Gasteiger partial charge in [-0.15, -0.1) is 16.4 Å². The maximum Gasteiger partial charge on any atom is 0.306 e. The second-order valence-corrected chi connectivity index (χ2v) is 8.32. The van der Waals surface area contributed by atoms with Gasteiger partial charge < -0.3 is 9.72 Å². The van der Waals surface area contributed by atoms with Crippen LogP contribution in [-0.2, 0) is 41.9 Å². The third-order valence-electron chi connectivity index (χ3n) is 5.13. The summed E-state index contributed by atoms with van der Waals surface area (Å²) in [6, 6.07) is 0. The third kappa shape index (κ3) is 4.36. The van der Waals surface area contributed by atoms with Crippen molar-refractivity contribution in [3.8, 4) is 0 Å². The SMILES string of the molecule is CCCCn1nnnc1COC(=O)CCc1nc2sc3c(c2c(=O)[nH]1)CCCC3. The summed E-state index contributed by atoms with van der Waals surface area (Å²) in [5.74, 6) is 0.679. The molecule has 3 heterocycles. The smallest absolute Gasteiger partial charge is 0.306 e. The number of aromatic nitrogens is 6. The van der Waals surface area contributed by atoms with Gasteiger partial charge in [0.05, 0.1) is 11.8 Å². The van der Waals surface area contributed by atoms with E-state index in [4.69, 9.17) is 4.74 Å². The summed E-state index contributed by atoms with van der Waals surface area (Å²) in [4.78, 5) is 34.2. The molecule has 0 spiro atoms. The zero-order valence-corrected chi connectivity index (χ0v) is 17.3. The van der Waals surface area contributed by atoms with Crippen LogP contribution in [0, 0.1) is 0 Å². The van der Waals surface area contributed by atoms with E-state index in [9.17, 15) is 9.59 Å². The molecule has 3 aromatic rings. The first-order valence-corrected chi connectivity index (χ1v) is 10.9. The molecule has 0 bridgehead atoms. The van der Waals surface area contributed by atoms with Crippen LogP contribution in [0.5, 0.6) is 0 Å². The summed E-state index contributed by atoms with van der Waals surface area (Å²) < 4.78 is 6.95. The van der Waals surface area contributed by atoms with Gasteiger partial charge in [0.25, 0.3) is 5.56 Å². The molecule has 3 aromatic heterocycles. The van der Waals surface area contributed by atoms with Crippen molar-refractivity contribution in [2.45, 2.75) is 71.4 Å². The van der Waals surface area contributed by atoms with Crippen molar-refractivity contribution >= 4 is 27.5 Å². The highest BCUT2D eigenvalue weighted by Gasteiger charge is 2.20. The minimum absolute atomic E-state index is 0.0379. The van der Waals surface area contributed by atoms with Gasteiger partial charge in [-0.2, -0.15) is 0 Å². The van der Waals surface area contributed by atoms with Crippen LogP contribution < -0.4 is 5.56 Å². The Labute approximate surface area is 171 Å². The van der Waals surface area contributed by atoms with Crippen LogP contribution in [0.15, 0.2) is 4.79 Å². The number of aromatic amines is 1. The lowest BCUT2D eigenvalue weighted by atomic mass is 9.97. The monoisotopic (exact) mass is 416 g/mol. The molecular formula is C19H24N6O3S. The van der Waals surface area contributed by atoms with Gasteiger partial charge in [0.1, 0.15) is 10.7 Å². The average Bonchev–Trinajstić information content (AvgIpc) is 3.32. The number of ether oxygens (including phenoxy) is 1. The molecule has 0 aromatic carbocycles. The van der Waals surface area contributed by atoms with Gasteiger partial charge >= 0.3 is 5.97 Å². The van der Waals surface area contributed by atoms with E-state index in [1.165, 1.54) is 4.88 Å². The Morgan fingerprint density at radius 3 is 3.03 bits per heavy atom. The van der Waals surface area contributed by atoms with Gasteiger partial charge in [0, 0.05) is 17.8 Å². The number of carbonyl (C=O) groups is 1. The minimum Gasteiger partial charge on any atom is -0.457 e. The molecular weight excluding hydrogens is 392 g/mol. The van der Waals surface area contributed by atoms with Crippen LogP contribution in [0.25, 0.3) is 10.2 Å². The van der Waals surface area contributed by atoms with E-state index in [1.54, 1.807) is 16.0 Å². The summed E-state index contributed by atoms with van der Waals surface area (Å²) >= 11 is 1.61. The highest BCUT2D eigenvalue weighted by molar-refractivity contribution is 7.18. The number of hydrogen-bond acceptors (Lipinski definition) is 8. The van der Waals surface area contributed by atoms with E-state index in [1.807, 2.05) is 0 Å². The van der Waals surface area contributed by atoms with E-state index >= 15 is 0 Å². The summed E-state index contributed by atoms with van der Waals surface area (Å²) in [6.45, 7) is 2.83. The second kappa shape index (κ2) is 8.81. The number of fused-ring (bicyclic) bond motifs is 3. The highest BCUT2D eigenvalue weighted by atomic mass is 32.1. The largest absolute Gasteiger partial charge is 0.457 e. The van der Waals surface area contributed by atoms with E-state index in [2.05, 4.69) is 32.4 Å². The molecule has 0 aliphatic heterocycles. The number of hydrogen-bond donors (Lipinski definition) is 1. The fourth-order valence-corrected chi connectivity index (χ4v) is 4.85. The van der Waals surface area contributed by atoms with Crippen molar-refractivity contribution in [2.24, 2.45) is 0 Å². The standard InChI is InChI=1S/C19H24N6O3S/c1-2-3-10-25-15(22-23-24-25)11-28-16(26)9-8-14-20-18(27)17-12-6-4-5-7-13(12)29-19(17)21-14/h2-11H2,1H3,(H,20,21,27). The molecule has 4 rings (SSSR count). The van der Waals surface area contributed by atoms with Crippen molar-refractivity contribution in [1.82, 2.24) is 30.2 Å². The molecule has 0 amide bonds. The van der Waals surface area contributed by atoms with Gasteiger partial charge in [-0.3, -0.25) is 9.59 Å². The van der Waals surface area contributed by atoms with E-state index in [0.717, 1.165) is 54.3 Å². The lowest BCUT2D eigenvalue weighted by Crippen LogP contribution is -2.15. The van der Waals surface area contributed by atoms with E-state index in [0.29, 0.717) is 24.6 Å². The predicted molar refractivity (Wildman–Crippen MR) is 108 cm³/mol. The van der Waals surface area contributed by atoms with Crippen molar-refractivity contribution < 1.29 is 9.53 Å². The molecule has 0 saturated carbocycles. The number of rotatable bonds is 8. The van der Waals surface area contributed by atoms with Gasteiger partial charge in [-0.25, -0.2) is 9.67 Å². The summed E-state index contributed by atoms with van der Waals surface area (Å²) in [5.41, 5.74) is 1.06. The maximum atomic E-state index is 12.6. The zero-order chi connectivity index (χ0) is 20.2. The third-order valence-corrected chi connectivity index (χ3v) is 6.32. The Morgan fingerprint density at radius 2 is 2.17 bits per heavy atom. The Kier molecular flexibility index (Phi) is 5.98. The van der Waals surface area contributed by atoms with Crippen LogP contribution in [0.1, 0.15) is 61.1 Å². The normalized spacial score (nSPS) is 13.6. The van der Waals surface area contributed by atoms with Gasteiger partial charge in [0.2, 0.25) is 0 Å². The number of H-pyrrole nitrogens is 1. The van der Waals surface area contributed by atoms with Crippen LogP contribution in [-0.4, -0.2) is 36.1 Å². The number of nitrogens with zero attached hydrogens (tertiary/aromatic N) is 5. The molecule has 0 unspecified atom stereocenters. The van der Waals surface area contributed by atoms with Gasteiger partial charge in [-0.1, -0.05) is 13.3 Å². The zero-order valence-electron chi connectivity index (χ0n) is 16.4. The molecule has 29 heavy (non-hydrogen) atoms. The average molecular weight is 417 g/mol. The molecule has 1 aliphatic carbocycles. The molecule has 10 heteroatoms. The molecule has 0 saturated heterocycles. The second-order valence-electron chi connectivity index (χ2n) is 7.24. The van der Waals surface area contributed by atoms with Crippen LogP contribution in [0.4, 0.5) is 0 Å². The highest BCUT2D eigenvalue weighted by Crippen LogP contribution is 2.33. The first-order chi connectivity index (χ1) is 14.2. The lowest BCUT2D eigenvalue weighted by molar-refractivity contribution is -0.145. The van der Waals surface area contributed by atoms with Gasteiger partial charge in [-0.05, 0) is 48.1 Å².